The van der Waals surface area contributed by atoms with Gasteiger partial charge in [0.15, 0.2) is 17.5 Å². The normalized spacial score (nSPS) is 11.6. The number of nitrogens with one attached hydrogen (secondary N) is 1. The molecule has 1 aromatic carbocycles. The van der Waals surface area contributed by atoms with Gasteiger partial charge in [-0.3, -0.25) is 4.68 Å². The van der Waals surface area contributed by atoms with Crippen molar-refractivity contribution in [2.24, 2.45) is 12.0 Å². The predicted octanol–water partition coefficient (Wildman–Crippen LogP) is 2.78. The first-order valence-electron chi connectivity index (χ1n) is 8.68. The van der Waals surface area contributed by atoms with Crippen molar-refractivity contribution in [3.63, 3.8) is 0 Å². The Hall–Kier alpha value is -2.57. The lowest BCUT2D eigenvalue weighted by Crippen LogP contribution is -2.38. The van der Waals surface area contributed by atoms with Crippen molar-refractivity contribution in [3.05, 3.63) is 46.5 Å². The molecule has 0 atom stereocenters. The van der Waals surface area contributed by atoms with Gasteiger partial charge in [-0.2, -0.15) is 5.10 Å². The summed E-state index contributed by atoms with van der Waals surface area (Å²) in [5.41, 5.74) is 4.09. The molecule has 1 heterocycles. The van der Waals surface area contributed by atoms with Crippen LogP contribution in [0.3, 0.4) is 0 Å². The van der Waals surface area contributed by atoms with E-state index >= 15 is 0 Å². The lowest BCUT2D eigenvalue weighted by molar-refractivity contribution is 0.385. The Kier molecular flexibility index (Phi) is 6.60. The summed E-state index contributed by atoms with van der Waals surface area (Å²) < 4.78 is 20.8. The van der Waals surface area contributed by atoms with Crippen LogP contribution >= 0.6 is 0 Å². The quantitative estimate of drug-likeness (QED) is 0.635. The van der Waals surface area contributed by atoms with Crippen LogP contribution in [0.25, 0.3) is 0 Å². The fraction of sp³-hybridized carbons (Fsp3) is 0.474. The van der Waals surface area contributed by atoms with Crippen LogP contribution in [0.15, 0.2) is 23.2 Å². The molecule has 0 saturated heterocycles. The van der Waals surface area contributed by atoms with Crippen LogP contribution in [0, 0.1) is 19.7 Å². The van der Waals surface area contributed by atoms with E-state index in [1.54, 1.807) is 6.07 Å². The van der Waals surface area contributed by atoms with Crippen molar-refractivity contribution in [2.45, 2.75) is 33.9 Å². The van der Waals surface area contributed by atoms with E-state index in [1.165, 1.54) is 13.2 Å². The highest BCUT2D eigenvalue weighted by Crippen LogP contribution is 2.18. The number of ether oxygens (including phenoxy) is 1. The first kappa shape index (κ1) is 19.8. The van der Waals surface area contributed by atoms with Gasteiger partial charge in [0.2, 0.25) is 0 Å². The van der Waals surface area contributed by atoms with Gasteiger partial charge in [0.05, 0.1) is 19.3 Å². The van der Waals surface area contributed by atoms with Crippen LogP contribution in [0.4, 0.5) is 4.39 Å². The van der Waals surface area contributed by atoms with Gasteiger partial charge in [-0.05, 0) is 38.5 Å². The van der Waals surface area contributed by atoms with Crippen LogP contribution in [0.2, 0.25) is 0 Å². The number of hydrogen-bond donors (Lipinski definition) is 1. The number of benzene rings is 1. The highest BCUT2D eigenvalue weighted by atomic mass is 19.1. The molecule has 142 valence electrons. The minimum absolute atomic E-state index is 0.250. The molecule has 0 aliphatic heterocycles. The molecule has 0 fully saturated rings. The maximum absolute atomic E-state index is 13.9. The number of aryl methyl sites for hydroxylation is 2. The zero-order valence-corrected chi connectivity index (χ0v) is 16.4. The van der Waals surface area contributed by atoms with E-state index < -0.39 is 0 Å². The second-order valence-electron chi connectivity index (χ2n) is 6.27. The molecule has 0 spiro atoms. The van der Waals surface area contributed by atoms with Gasteiger partial charge in [0, 0.05) is 38.4 Å². The van der Waals surface area contributed by atoms with Gasteiger partial charge in [-0.15, -0.1) is 0 Å². The molecule has 7 heteroatoms. The summed E-state index contributed by atoms with van der Waals surface area (Å²) in [7, 11) is 5.33. The van der Waals surface area contributed by atoms with Gasteiger partial charge in [-0.25, -0.2) is 9.38 Å². The zero-order valence-electron chi connectivity index (χ0n) is 16.4. The molecule has 0 saturated carbocycles. The third-order valence-electron chi connectivity index (χ3n) is 4.38. The number of aromatic nitrogens is 2. The number of nitrogens with zero attached hydrogens (tertiary/aromatic N) is 4. The van der Waals surface area contributed by atoms with E-state index in [-0.39, 0.29) is 11.6 Å². The highest BCUT2D eigenvalue weighted by Gasteiger charge is 2.12. The van der Waals surface area contributed by atoms with Crippen molar-refractivity contribution < 1.29 is 9.13 Å². The minimum Gasteiger partial charge on any atom is -0.494 e. The fourth-order valence-electron chi connectivity index (χ4n) is 2.83. The molecule has 26 heavy (non-hydrogen) atoms. The molecule has 2 rings (SSSR count). The molecular formula is C19H28FN5O. The Morgan fingerprint density at radius 1 is 1.38 bits per heavy atom. The van der Waals surface area contributed by atoms with Crippen molar-refractivity contribution in [2.75, 3.05) is 20.7 Å². The number of rotatable bonds is 6. The molecular weight excluding hydrogens is 333 g/mol. The lowest BCUT2D eigenvalue weighted by atomic mass is 10.2. The number of hydrogen-bond acceptors (Lipinski definition) is 3. The molecule has 6 nitrogen and oxygen atoms in total. The van der Waals surface area contributed by atoms with Gasteiger partial charge in [0.25, 0.3) is 0 Å². The van der Waals surface area contributed by atoms with Gasteiger partial charge >= 0.3 is 0 Å². The SMILES string of the molecule is CCNC(=NCc1c(C)nn(C)c1C)N(C)Cc1ccc(OC)c(F)c1. The first-order chi connectivity index (χ1) is 12.4. The maximum Gasteiger partial charge on any atom is 0.194 e. The average molecular weight is 361 g/mol. The third kappa shape index (κ3) is 4.53. The van der Waals surface area contributed by atoms with Crippen LogP contribution < -0.4 is 10.1 Å². The van der Waals surface area contributed by atoms with Crippen LogP contribution in [0.5, 0.6) is 5.75 Å². The zero-order chi connectivity index (χ0) is 19.3. The minimum atomic E-state index is -0.359. The second kappa shape index (κ2) is 8.69. The topological polar surface area (TPSA) is 54.7 Å². The lowest BCUT2D eigenvalue weighted by Gasteiger charge is -2.22. The van der Waals surface area contributed by atoms with Gasteiger partial charge in [-0.1, -0.05) is 6.07 Å². The molecule has 0 radical (unpaired) electrons. The number of aliphatic imine (C=N–C) groups is 1. The summed E-state index contributed by atoms with van der Waals surface area (Å²) in [5.74, 6) is 0.660. The van der Waals surface area contributed by atoms with Crippen LogP contribution in [0.1, 0.15) is 29.4 Å². The van der Waals surface area contributed by atoms with Crippen molar-refractivity contribution in [1.29, 1.82) is 0 Å². The maximum atomic E-state index is 13.9. The molecule has 2 aromatic rings. The van der Waals surface area contributed by atoms with Crippen molar-refractivity contribution in [1.82, 2.24) is 20.0 Å². The van der Waals surface area contributed by atoms with Gasteiger partial charge < -0.3 is 15.0 Å². The van der Waals surface area contributed by atoms with Crippen LogP contribution in [-0.2, 0) is 20.1 Å². The van der Waals surface area contributed by atoms with Gasteiger partial charge in [0.1, 0.15) is 0 Å². The largest absolute Gasteiger partial charge is 0.494 e. The average Bonchev–Trinajstić information content (AvgIpc) is 2.84. The van der Waals surface area contributed by atoms with E-state index in [9.17, 15) is 4.39 Å². The highest BCUT2D eigenvalue weighted by molar-refractivity contribution is 5.79. The monoisotopic (exact) mass is 361 g/mol. The smallest absolute Gasteiger partial charge is 0.194 e. The molecule has 0 aliphatic carbocycles. The second-order valence-corrected chi connectivity index (χ2v) is 6.27. The number of guanidine groups is 1. The Morgan fingerprint density at radius 2 is 2.12 bits per heavy atom. The van der Waals surface area contributed by atoms with Crippen LogP contribution in [-0.4, -0.2) is 41.3 Å². The summed E-state index contributed by atoms with van der Waals surface area (Å²) >= 11 is 0. The summed E-state index contributed by atoms with van der Waals surface area (Å²) in [6.07, 6.45) is 0. The molecule has 0 unspecified atom stereocenters. The van der Waals surface area contributed by atoms with Crippen molar-refractivity contribution in [3.8, 4) is 5.75 Å². The van der Waals surface area contributed by atoms with E-state index in [0.29, 0.717) is 13.1 Å². The summed E-state index contributed by atoms with van der Waals surface area (Å²) in [5, 5.41) is 7.72. The summed E-state index contributed by atoms with van der Waals surface area (Å²) in [4.78, 5) is 6.71. The summed E-state index contributed by atoms with van der Waals surface area (Å²) in [6, 6.07) is 5.00. The Bertz CT molecular complexity index is 784. The van der Waals surface area contributed by atoms with E-state index in [2.05, 4.69) is 10.4 Å². The summed E-state index contributed by atoms with van der Waals surface area (Å²) in [6.45, 7) is 7.91. The number of halogens is 1. The molecule has 1 N–H and O–H groups in total. The Labute approximate surface area is 154 Å². The first-order valence-corrected chi connectivity index (χ1v) is 8.68. The van der Waals surface area contributed by atoms with E-state index in [0.717, 1.165) is 35.0 Å². The Balaban J connectivity index is 2.16. The standard InChI is InChI=1S/C19H28FN5O/c1-7-21-19(22-11-16-13(2)23-25(5)14(16)3)24(4)12-15-8-9-18(26-6)17(20)10-15/h8-10H,7,11-12H2,1-6H3,(H,21,22). The van der Waals surface area contributed by atoms with E-state index in [1.807, 2.05) is 50.5 Å². The fourth-order valence-corrected chi connectivity index (χ4v) is 2.83. The predicted molar refractivity (Wildman–Crippen MR) is 102 cm³/mol. The Morgan fingerprint density at radius 3 is 2.65 bits per heavy atom. The number of methoxy groups -OCH3 is 1. The molecule has 0 bridgehead atoms. The molecule has 1 aromatic heterocycles. The van der Waals surface area contributed by atoms with E-state index in [4.69, 9.17) is 9.73 Å². The third-order valence-corrected chi connectivity index (χ3v) is 4.38. The van der Waals surface area contributed by atoms with Crippen molar-refractivity contribution >= 4 is 5.96 Å². The molecule has 0 amide bonds. The molecule has 0 aliphatic rings.